The number of ketones is 1. The van der Waals surface area contributed by atoms with E-state index in [0.29, 0.717) is 11.3 Å². The summed E-state index contributed by atoms with van der Waals surface area (Å²) < 4.78 is 11.9. The van der Waals surface area contributed by atoms with Gasteiger partial charge >= 0.3 is 0 Å². The molecule has 0 radical (unpaired) electrons. The van der Waals surface area contributed by atoms with Crippen molar-refractivity contribution in [3.8, 4) is 0 Å². The normalized spacial score (nSPS) is 12.4. The van der Waals surface area contributed by atoms with Crippen molar-refractivity contribution in [3.05, 3.63) is 34.3 Å². The van der Waals surface area contributed by atoms with E-state index in [0.717, 1.165) is 4.47 Å². The monoisotopic (exact) mass is 274 g/mol. The van der Waals surface area contributed by atoms with Crippen molar-refractivity contribution in [2.24, 2.45) is 0 Å². The van der Waals surface area contributed by atoms with E-state index in [1.807, 2.05) is 19.1 Å². The van der Waals surface area contributed by atoms with Gasteiger partial charge in [0.25, 0.3) is 0 Å². The third-order valence-corrected chi connectivity index (χ3v) is 3.71. The van der Waals surface area contributed by atoms with Crippen LogP contribution in [-0.4, -0.2) is 21.5 Å². The molecule has 0 aromatic heterocycles. The molecule has 0 heterocycles. The SMILES string of the molecule is CCS(=O)CC(=O)c1ccccc1Br. The Morgan fingerprint density at radius 2 is 2.07 bits per heavy atom. The molecule has 76 valence electrons. The Balaban J connectivity index is 2.80. The van der Waals surface area contributed by atoms with Gasteiger partial charge in [0, 0.05) is 26.6 Å². The summed E-state index contributed by atoms with van der Waals surface area (Å²) in [6.45, 7) is 1.81. The first-order valence-corrected chi connectivity index (χ1v) is 6.56. The molecular formula is C10H11BrO2S. The lowest BCUT2D eigenvalue weighted by Gasteiger charge is -2.02. The Kier molecular flexibility index (Phi) is 4.48. The molecule has 1 aromatic carbocycles. The quantitative estimate of drug-likeness (QED) is 0.791. The maximum Gasteiger partial charge on any atom is 0.176 e. The summed E-state index contributed by atoms with van der Waals surface area (Å²) in [6, 6.07) is 7.19. The molecule has 4 heteroatoms. The van der Waals surface area contributed by atoms with Crippen LogP contribution in [0.25, 0.3) is 0 Å². The zero-order valence-corrected chi connectivity index (χ0v) is 10.2. The first kappa shape index (κ1) is 11.6. The fraction of sp³-hybridized carbons (Fsp3) is 0.300. The minimum Gasteiger partial charge on any atom is -0.293 e. The minimum atomic E-state index is -1.04. The van der Waals surface area contributed by atoms with E-state index in [-0.39, 0.29) is 11.5 Å². The van der Waals surface area contributed by atoms with Crippen LogP contribution in [0.4, 0.5) is 0 Å². The van der Waals surface area contributed by atoms with Crippen LogP contribution >= 0.6 is 15.9 Å². The van der Waals surface area contributed by atoms with Gasteiger partial charge in [0.15, 0.2) is 5.78 Å². The topological polar surface area (TPSA) is 34.1 Å². The molecule has 0 fully saturated rings. The summed E-state index contributed by atoms with van der Waals surface area (Å²) >= 11 is 3.29. The first-order valence-electron chi connectivity index (χ1n) is 4.28. The van der Waals surface area contributed by atoms with E-state index in [9.17, 15) is 9.00 Å². The Labute approximate surface area is 94.3 Å². The minimum absolute atomic E-state index is 0.0716. The second-order valence-corrected chi connectivity index (χ2v) is 5.38. The maximum absolute atomic E-state index is 11.6. The number of carbonyl (C=O) groups excluding carboxylic acids is 1. The van der Waals surface area contributed by atoms with Crippen LogP contribution in [0.1, 0.15) is 17.3 Å². The van der Waals surface area contributed by atoms with Crippen molar-refractivity contribution in [1.82, 2.24) is 0 Å². The van der Waals surface area contributed by atoms with Gasteiger partial charge in [0.1, 0.15) is 0 Å². The maximum atomic E-state index is 11.6. The van der Waals surface area contributed by atoms with Crippen molar-refractivity contribution >= 4 is 32.5 Å². The predicted octanol–water partition coefficient (Wildman–Crippen LogP) is 2.40. The lowest BCUT2D eigenvalue weighted by molar-refractivity contribution is 0.102. The van der Waals surface area contributed by atoms with E-state index in [1.165, 1.54) is 0 Å². The summed E-state index contributed by atoms with van der Waals surface area (Å²) in [5.74, 6) is 0.563. The molecule has 1 unspecified atom stereocenters. The molecule has 0 spiro atoms. The summed E-state index contributed by atoms with van der Waals surface area (Å²) in [4.78, 5) is 11.6. The van der Waals surface area contributed by atoms with Gasteiger partial charge in [-0.1, -0.05) is 41.1 Å². The summed E-state index contributed by atoms with van der Waals surface area (Å²) in [6.07, 6.45) is 0. The molecule has 1 atom stereocenters. The summed E-state index contributed by atoms with van der Waals surface area (Å²) in [7, 11) is -1.04. The molecule has 0 amide bonds. The van der Waals surface area contributed by atoms with Gasteiger partial charge in [-0.25, -0.2) is 0 Å². The molecule has 0 N–H and O–H groups in total. The molecule has 1 aromatic rings. The predicted molar refractivity (Wildman–Crippen MR) is 62.0 cm³/mol. The Morgan fingerprint density at radius 3 is 2.64 bits per heavy atom. The fourth-order valence-electron chi connectivity index (χ4n) is 1.01. The fourth-order valence-corrected chi connectivity index (χ4v) is 2.17. The van der Waals surface area contributed by atoms with Gasteiger partial charge in [0.2, 0.25) is 0 Å². The zero-order valence-electron chi connectivity index (χ0n) is 7.83. The van der Waals surface area contributed by atoms with Crippen molar-refractivity contribution in [2.75, 3.05) is 11.5 Å². The highest BCUT2D eigenvalue weighted by molar-refractivity contribution is 9.10. The molecule has 1 rings (SSSR count). The van der Waals surface area contributed by atoms with E-state index in [4.69, 9.17) is 0 Å². The van der Waals surface area contributed by atoms with Gasteiger partial charge in [-0.3, -0.25) is 9.00 Å². The molecule has 0 aliphatic heterocycles. The number of hydrogen-bond acceptors (Lipinski definition) is 2. The molecule has 0 bridgehead atoms. The summed E-state index contributed by atoms with van der Waals surface area (Å²) in [5.41, 5.74) is 0.606. The Bertz CT molecular complexity index is 363. The third-order valence-electron chi connectivity index (χ3n) is 1.79. The molecular weight excluding hydrogens is 264 g/mol. The number of carbonyl (C=O) groups is 1. The number of rotatable bonds is 4. The third kappa shape index (κ3) is 3.03. The van der Waals surface area contributed by atoms with Gasteiger partial charge in [-0.05, 0) is 6.07 Å². The van der Waals surface area contributed by atoms with Gasteiger partial charge in [-0.15, -0.1) is 0 Å². The van der Waals surface area contributed by atoms with Crippen LogP contribution in [-0.2, 0) is 10.8 Å². The van der Waals surface area contributed by atoms with E-state index >= 15 is 0 Å². The summed E-state index contributed by atoms with van der Waals surface area (Å²) in [5, 5.41) is 0. The highest BCUT2D eigenvalue weighted by atomic mass is 79.9. The van der Waals surface area contributed by atoms with Crippen molar-refractivity contribution in [3.63, 3.8) is 0 Å². The largest absolute Gasteiger partial charge is 0.293 e. The first-order chi connectivity index (χ1) is 6.65. The van der Waals surface area contributed by atoms with Crippen molar-refractivity contribution < 1.29 is 9.00 Å². The van der Waals surface area contributed by atoms with Crippen LogP contribution in [0.15, 0.2) is 28.7 Å². The van der Waals surface area contributed by atoms with E-state index in [2.05, 4.69) is 15.9 Å². The van der Waals surface area contributed by atoms with Crippen molar-refractivity contribution in [1.29, 1.82) is 0 Å². The van der Waals surface area contributed by atoms with Crippen LogP contribution in [0.5, 0.6) is 0 Å². The average molecular weight is 275 g/mol. The second kappa shape index (κ2) is 5.41. The Morgan fingerprint density at radius 1 is 1.43 bits per heavy atom. The molecule has 2 nitrogen and oxygen atoms in total. The second-order valence-electron chi connectivity index (χ2n) is 2.78. The lowest BCUT2D eigenvalue weighted by atomic mass is 10.1. The molecule has 0 aliphatic rings. The van der Waals surface area contributed by atoms with Gasteiger partial charge in [-0.2, -0.15) is 0 Å². The standard InChI is InChI=1S/C10H11BrO2S/c1-2-14(13)7-10(12)8-5-3-4-6-9(8)11/h3-6H,2,7H2,1H3. The van der Waals surface area contributed by atoms with E-state index in [1.54, 1.807) is 12.1 Å². The smallest absolute Gasteiger partial charge is 0.176 e. The van der Waals surface area contributed by atoms with Gasteiger partial charge < -0.3 is 0 Å². The van der Waals surface area contributed by atoms with E-state index < -0.39 is 10.8 Å². The molecule has 0 aliphatic carbocycles. The van der Waals surface area contributed by atoms with Crippen molar-refractivity contribution in [2.45, 2.75) is 6.92 Å². The number of benzene rings is 1. The number of hydrogen-bond donors (Lipinski definition) is 0. The number of halogens is 1. The average Bonchev–Trinajstić information content (AvgIpc) is 2.18. The number of Topliss-reactive ketones (excluding diaryl/α,β-unsaturated/α-hetero) is 1. The van der Waals surface area contributed by atoms with Crippen LogP contribution < -0.4 is 0 Å². The molecule has 0 saturated carbocycles. The molecule has 0 saturated heterocycles. The zero-order chi connectivity index (χ0) is 10.6. The highest BCUT2D eigenvalue weighted by Crippen LogP contribution is 2.16. The Hall–Kier alpha value is -0.480. The van der Waals surface area contributed by atoms with Crippen LogP contribution in [0.2, 0.25) is 0 Å². The highest BCUT2D eigenvalue weighted by Gasteiger charge is 2.11. The van der Waals surface area contributed by atoms with Gasteiger partial charge in [0.05, 0.1) is 5.75 Å². The van der Waals surface area contributed by atoms with Crippen LogP contribution in [0.3, 0.4) is 0 Å². The van der Waals surface area contributed by atoms with Crippen LogP contribution in [0, 0.1) is 0 Å². The lowest BCUT2D eigenvalue weighted by Crippen LogP contribution is -2.12. The molecule has 14 heavy (non-hydrogen) atoms.